The van der Waals surface area contributed by atoms with Gasteiger partial charge in [0.2, 0.25) is 11.1 Å². The summed E-state index contributed by atoms with van der Waals surface area (Å²) in [6.45, 7) is 8.24. The van der Waals surface area contributed by atoms with Crippen LogP contribution in [0, 0.1) is 13.8 Å². The molecule has 0 radical (unpaired) electrons. The van der Waals surface area contributed by atoms with Crippen LogP contribution in [-0.2, 0) is 11.2 Å². The van der Waals surface area contributed by atoms with Crippen molar-refractivity contribution in [2.75, 3.05) is 5.75 Å². The predicted octanol–water partition coefficient (Wildman–Crippen LogP) is 3.81. The Labute approximate surface area is 169 Å². The standard InChI is InChI=1S/C21H25N5OS/c1-5-17-7-9-18(10-8-17)16(4)22-20(27)13-28-21-23-24-25-26(21)19-11-6-14(2)15(3)12-19/h6-12,16H,5,13H2,1-4H3,(H,22,27). The molecule has 6 nitrogen and oxygen atoms in total. The van der Waals surface area contributed by atoms with Gasteiger partial charge in [0.25, 0.3) is 0 Å². The summed E-state index contributed by atoms with van der Waals surface area (Å²) in [6, 6.07) is 14.3. The van der Waals surface area contributed by atoms with E-state index in [1.165, 1.54) is 28.5 Å². The Morgan fingerprint density at radius 3 is 2.57 bits per heavy atom. The van der Waals surface area contributed by atoms with Gasteiger partial charge in [0.05, 0.1) is 17.5 Å². The zero-order valence-electron chi connectivity index (χ0n) is 16.6. The predicted molar refractivity (Wildman–Crippen MR) is 112 cm³/mol. The van der Waals surface area contributed by atoms with E-state index in [0.29, 0.717) is 5.16 Å². The second-order valence-corrected chi connectivity index (χ2v) is 7.76. The van der Waals surface area contributed by atoms with Crippen LogP contribution < -0.4 is 5.32 Å². The number of hydrogen-bond acceptors (Lipinski definition) is 5. The lowest BCUT2D eigenvalue weighted by molar-refractivity contribution is -0.119. The number of amides is 1. The van der Waals surface area contributed by atoms with Gasteiger partial charge in [0.1, 0.15) is 0 Å². The van der Waals surface area contributed by atoms with Crippen molar-refractivity contribution in [3.63, 3.8) is 0 Å². The molecule has 0 aliphatic heterocycles. The molecule has 0 fully saturated rings. The minimum absolute atomic E-state index is 0.0465. The largest absolute Gasteiger partial charge is 0.349 e. The van der Waals surface area contributed by atoms with Gasteiger partial charge in [-0.3, -0.25) is 4.79 Å². The quantitative estimate of drug-likeness (QED) is 0.616. The summed E-state index contributed by atoms with van der Waals surface area (Å²) < 4.78 is 1.66. The number of thioether (sulfide) groups is 1. The summed E-state index contributed by atoms with van der Waals surface area (Å²) in [5.41, 5.74) is 5.66. The summed E-state index contributed by atoms with van der Waals surface area (Å²) in [7, 11) is 0. The summed E-state index contributed by atoms with van der Waals surface area (Å²) >= 11 is 1.32. The van der Waals surface area contributed by atoms with E-state index in [1.54, 1.807) is 4.68 Å². The molecule has 0 bridgehead atoms. The minimum Gasteiger partial charge on any atom is -0.349 e. The molecule has 0 saturated heterocycles. The average Bonchev–Trinajstić information content (AvgIpc) is 3.17. The number of nitrogens with one attached hydrogen (secondary N) is 1. The molecule has 2 aromatic carbocycles. The fourth-order valence-electron chi connectivity index (χ4n) is 2.83. The fourth-order valence-corrected chi connectivity index (χ4v) is 3.53. The fraction of sp³-hybridized carbons (Fsp3) is 0.333. The maximum Gasteiger partial charge on any atom is 0.230 e. The molecule has 3 aromatic rings. The molecule has 1 atom stereocenters. The molecule has 0 spiro atoms. The van der Waals surface area contributed by atoms with Crippen molar-refractivity contribution >= 4 is 17.7 Å². The SMILES string of the molecule is CCc1ccc(C(C)NC(=O)CSc2nnnn2-c2ccc(C)c(C)c2)cc1. The highest BCUT2D eigenvalue weighted by Crippen LogP contribution is 2.20. The van der Waals surface area contributed by atoms with Crippen molar-refractivity contribution in [1.82, 2.24) is 25.5 Å². The molecular formula is C21H25N5OS. The first-order valence-corrected chi connectivity index (χ1v) is 10.3. The Hall–Kier alpha value is -2.67. The normalized spacial score (nSPS) is 12.0. The molecule has 1 unspecified atom stereocenters. The van der Waals surface area contributed by atoms with Gasteiger partial charge in [0, 0.05) is 0 Å². The van der Waals surface area contributed by atoms with Gasteiger partial charge in [-0.25, -0.2) is 0 Å². The van der Waals surface area contributed by atoms with Gasteiger partial charge in [0.15, 0.2) is 0 Å². The van der Waals surface area contributed by atoms with Crippen molar-refractivity contribution in [2.24, 2.45) is 0 Å². The molecular weight excluding hydrogens is 370 g/mol. The zero-order chi connectivity index (χ0) is 20.1. The molecule has 1 aromatic heterocycles. The second-order valence-electron chi connectivity index (χ2n) is 6.81. The van der Waals surface area contributed by atoms with Crippen LogP contribution in [0.1, 0.15) is 42.1 Å². The van der Waals surface area contributed by atoms with Gasteiger partial charge in [-0.15, -0.1) is 5.10 Å². The molecule has 3 rings (SSSR count). The van der Waals surface area contributed by atoms with E-state index < -0.39 is 0 Å². The molecule has 0 aliphatic carbocycles. The van der Waals surface area contributed by atoms with Gasteiger partial charge >= 0.3 is 0 Å². The number of aromatic nitrogens is 4. The number of nitrogens with zero attached hydrogens (tertiary/aromatic N) is 4. The number of tetrazole rings is 1. The van der Waals surface area contributed by atoms with Crippen LogP contribution in [0.4, 0.5) is 0 Å². The maximum atomic E-state index is 12.4. The lowest BCUT2D eigenvalue weighted by Crippen LogP contribution is -2.28. The summed E-state index contributed by atoms with van der Waals surface area (Å²) in [6.07, 6.45) is 1.01. The monoisotopic (exact) mass is 395 g/mol. The third kappa shape index (κ3) is 4.78. The molecule has 0 saturated carbocycles. The van der Waals surface area contributed by atoms with Crippen molar-refractivity contribution in [3.8, 4) is 5.69 Å². The number of carbonyl (C=O) groups is 1. The Morgan fingerprint density at radius 2 is 1.89 bits per heavy atom. The van der Waals surface area contributed by atoms with E-state index in [2.05, 4.69) is 65.9 Å². The number of rotatable bonds is 7. The van der Waals surface area contributed by atoms with Crippen LogP contribution in [0.2, 0.25) is 0 Å². The Kier molecular flexibility index (Phi) is 6.46. The third-order valence-electron chi connectivity index (χ3n) is 4.77. The molecule has 0 aliphatic rings. The number of carbonyl (C=O) groups excluding carboxylic acids is 1. The van der Waals surface area contributed by atoms with Gasteiger partial charge < -0.3 is 5.32 Å². The van der Waals surface area contributed by atoms with Crippen LogP contribution in [0.15, 0.2) is 47.6 Å². The van der Waals surface area contributed by atoms with Crippen LogP contribution in [0.3, 0.4) is 0 Å². The lowest BCUT2D eigenvalue weighted by Gasteiger charge is -2.14. The average molecular weight is 396 g/mol. The number of benzene rings is 2. The first-order valence-electron chi connectivity index (χ1n) is 9.35. The highest BCUT2D eigenvalue weighted by molar-refractivity contribution is 7.99. The lowest BCUT2D eigenvalue weighted by atomic mass is 10.1. The summed E-state index contributed by atoms with van der Waals surface area (Å²) in [5, 5.41) is 15.5. The highest BCUT2D eigenvalue weighted by Gasteiger charge is 2.14. The Balaban J connectivity index is 1.60. The third-order valence-corrected chi connectivity index (χ3v) is 5.69. The first kappa shape index (κ1) is 20.1. The minimum atomic E-state index is -0.0493. The van der Waals surface area contributed by atoms with Crippen LogP contribution in [0.25, 0.3) is 5.69 Å². The number of hydrogen-bond donors (Lipinski definition) is 1. The molecule has 28 heavy (non-hydrogen) atoms. The highest BCUT2D eigenvalue weighted by atomic mass is 32.2. The van der Waals surface area contributed by atoms with Crippen LogP contribution >= 0.6 is 11.8 Å². The molecule has 1 heterocycles. The van der Waals surface area contributed by atoms with Crippen molar-refractivity contribution in [1.29, 1.82) is 0 Å². The topological polar surface area (TPSA) is 72.7 Å². The summed E-state index contributed by atoms with van der Waals surface area (Å²) in [5.74, 6) is 0.203. The van der Waals surface area contributed by atoms with Gasteiger partial charge in [-0.2, -0.15) is 4.68 Å². The van der Waals surface area contributed by atoms with E-state index in [1.807, 2.05) is 25.1 Å². The molecule has 1 amide bonds. The first-order chi connectivity index (χ1) is 13.5. The van der Waals surface area contributed by atoms with Crippen molar-refractivity contribution in [3.05, 3.63) is 64.7 Å². The smallest absolute Gasteiger partial charge is 0.230 e. The van der Waals surface area contributed by atoms with E-state index in [9.17, 15) is 4.79 Å². The Morgan fingerprint density at radius 1 is 1.14 bits per heavy atom. The number of aryl methyl sites for hydroxylation is 3. The van der Waals surface area contributed by atoms with E-state index in [-0.39, 0.29) is 17.7 Å². The molecule has 146 valence electrons. The van der Waals surface area contributed by atoms with E-state index in [4.69, 9.17) is 0 Å². The van der Waals surface area contributed by atoms with Gasteiger partial charge in [-0.05, 0) is 72.0 Å². The molecule has 1 N–H and O–H groups in total. The second kappa shape index (κ2) is 9.01. The van der Waals surface area contributed by atoms with Gasteiger partial charge in [-0.1, -0.05) is 49.0 Å². The van der Waals surface area contributed by atoms with Crippen LogP contribution in [-0.4, -0.2) is 31.9 Å². The van der Waals surface area contributed by atoms with Crippen molar-refractivity contribution in [2.45, 2.75) is 45.3 Å². The zero-order valence-corrected chi connectivity index (χ0v) is 17.5. The van der Waals surface area contributed by atoms with Crippen molar-refractivity contribution < 1.29 is 4.79 Å². The van der Waals surface area contributed by atoms with Crippen LogP contribution in [0.5, 0.6) is 0 Å². The van der Waals surface area contributed by atoms with E-state index in [0.717, 1.165) is 17.7 Å². The van der Waals surface area contributed by atoms with E-state index >= 15 is 0 Å². The Bertz CT molecular complexity index is 952. The maximum absolute atomic E-state index is 12.4. The molecule has 7 heteroatoms. The summed E-state index contributed by atoms with van der Waals surface area (Å²) in [4.78, 5) is 12.4.